The number of carbonyl (C=O) groups excluding carboxylic acids is 2. The van der Waals surface area contributed by atoms with Gasteiger partial charge in [0.2, 0.25) is 5.91 Å². The Hall–Kier alpha value is -4.46. The van der Waals surface area contributed by atoms with E-state index >= 15 is 0 Å². The van der Waals surface area contributed by atoms with Crippen LogP contribution in [0.1, 0.15) is 34.0 Å². The summed E-state index contributed by atoms with van der Waals surface area (Å²) in [4.78, 5) is 39.7. The Balaban J connectivity index is 1.13. The van der Waals surface area contributed by atoms with Crippen LogP contribution in [0, 0.1) is 5.92 Å². The Morgan fingerprint density at radius 1 is 0.943 bits per heavy atom. The average molecular weight is 469 g/mol. The summed E-state index contributed by atoms with van der Waals surface area (Å²) in [5.41, 5.74) is 4.92. The number of alkyl carbamates (subject to hydrolysis) is 1. The average Bonchev–Trinajstić information content (AvgIpc) is 3.46. The number of benzene rings is 2. The van der Waals surface area contributed by atoms with Gasteiger partial charge in [0.1, 0.15) is 12.3 Å². The van der Waals surface area contributed by atoms with Crippen molar-refractivity contribution in [2.45, 2.75) is 18.4 Å². The van der Waals surface area contributed by atoms with Crippen molar-refractivity contribution in [1.82, 2.24) is 10.3 Å². The van der Waals surface area contributed by atoms with Gasteiger partial charge in [0.15, 0.2) is 0 Å². The molecule has 0 aliphatic heterocycles. The van der Waals surface area contributed by atoms with E-state index in [-0.39, 0.29) is 30.2 Å². The molecule has 8 nitrogen and oxygen atoms in total. The molecule has 2 atom stereocenters. The lowest BCUT2D eigenvalue weighted by Gasteiger charge is -2.17. The number of carbonyl (C=O) groups is 3. The molecule has 176 valence electrons. The molecule has 2 amide bonds. The van der Waals surface area contributed by atoms with Gasteiger partial charge in [-0.2, -0.15) is 0 Å². The van der Waals surface area contributed by atoms with Crippen LogP contribution in [0.3, 0.4) is 0 Å². The van der Waals surface area contributed by atoms with Crippen molar-refractivity contribution in [3.8, 4) is 11.1 Å². The van der Waals surface area contributed by atoms with Crippen LogP contribution in [0.15, 0.2) is 79.0 Å². The quantitative estimate of drug-likeness (QED) is 0.466. The molecule has 3 aromatic rings. The second-order valence-electron chi connectivity index (χ2n) is 8.53. The van der Waals surface area contributed by atoms with Crippen LogP contribution in [-0.2, 0) is 9.53 Å². The molecular formula is C27H23N3O5. The molecule has 0 spiro atoms. The number of hydrogen-bond donors (Lipinski definition) is 3. The molecule has 1 heterocycles. The Kier molecular flexibility index (Phi) is 6.01. The number of rotatable bonds is 6. The van der Waals surface area contributed by atoms with Gasteiger partial charge in [0.25, 0.3) is 0 Å². The summed E-state index contributed by atoms with van der Waals surface area (Å²) in [6, 6.07) is 18.8. The van der Waals surface area contributed by atoms with Gasteiger partial charge in [-0.15, -0.1) is 0 Å². The van der Waals surface area contributed by atoms with E-state index in [1.807, 2.05) is 24.3 Å². The van der Waals surface area contributed by atoms with Gasteiger partial charge in [0, 0.05) is 5.92 Å². The van der Waals surface area contributed by atoms with E-state index in [0.29, 0.717) is 12.1 Å². The molecule has 0 fully saturated rings. The van der Waals surface area contributed by atoms with Gasteiger partial charge in [-0.1, -0.05) is 60.7 Å². The largest absolute Gasteiger partial charge is 0.477 e. The highest BCUT2D eigenvalue weighted by Gasteiger charge is 2.30. The number of amides is 2. The maximum absolute atomic E-state index is 12.5. The lowest BCUT2D eigenvalue weighted by Crippen LogP contribution is -2.35. The van der Waals surface area contributed by atoms with Crippen molar-refractivity contribution in [3.63, 3.8) is 0 Å². The Morgan fingerprint density at radius 3 is 2.26 bits per heavy atom. The van der Waals surface area contributed by atoms with Crippen LogP contribution in [0.2, 0.25) is 0 Å². The van der Waals surface area contributed by atoms with Crippen molar-refractivity contribution < 1.29 is 24.2 Å². The number of fused-ring (bicyclic) bond motifs is 3. The normalized spacial score (nSPS) is 17.9. The SMILES string of the molecule is O=C(NC1C=CC(C(=O)Nc2ccc(C(=O)O)nc2)C1)OCC1c2ccccc2-c2ccccc21. The van der Waals surface area contributed by atoms with Crippen LogP contribution in [0.25, 0.3) is 11.1 Å². The summed E-state index contributed by atoms with van der Waals surface area (Å²) in [7, 11) is 0. The van der Waals surface area contributed by atoms with Crippen molar-refractivity contribution in [3.05, 3.63) is 95.8 Å². The highest BCUT2D eigenvalue weighted by atomic mass is 16.5. The summed E-state index contributed by atoms with van der Waals surface area (Å²) in [5, 5.41) is 14.4. The predicted octanol–water partition coefficient (Wildman–Crippen LogP) is 4.20. The summed E-state index contributed by atoms with van der Waals surface area (Å²) < 4.78 is 5.58. The Morgan fingerprint density at radius 2 is 1.63 bits per heavy atom. The number of ether oxygens (including phenoxy) is 1. The van der Waals surface area contributed by atoms with E-state index in [1.54, 1.807) is 12.2 Å². The molecule has 2 aliphatic rings. The van der Waals surface area contributed by atoms with E-state index in [4.69, 9.17) is 9.84 Å². The topological polar surface area (TPSA) is 118 Å². The first-order valence-corrected chi connectivity index (χ1v) is 11.3. The zero-order valence-electron chi connectivity index (χ0n) is 18.7. The first kappa shape index (κ1) is 22.3. The number of aromatic nitrogens is 1. The number of aromatic carboxylic acids is 1. The maximum Gasteiger partial charge on any atom is 0.407 e. The fraction of sp³-hybridized carbons (Fsp3) is 0.185. The fourth-order valence-electron chi connectivity index (χ4n) is 4.62. The lowest BCUT2D eigenvalue weighted by atomic mass is 9.98. The molecule has 5 rings (SSSR count). The molecule has 0 saturated carbocycles. The third kappa shape index (κ3) is 4.63. The van der Waals surface area contributed by atoms with Crippen LogP contribution in [-0.4, -0.2) is 40.7 Å². The number of nitrogens with one attached hydrogen (secondary N) is 2. The van der Waals surface area contributed by atoms with Gasteiger partial charge < -0.3 is 20.5 Å². The Labute approximate surface area is 201 Å². The number of hydrogen-bond acceptors (Lipinski definition) is 5. The molecule has 0 saturated heterocycles. The van der Waals surface area contributed by atoms with Crippen molar-refractivity contribution in [2.24, 2.45) is 5.92 Å². The molecule has 0 radical (unpaired) electrons. The van der Waals surface area contributed by atoms with E-state index in [1.165, 1.54) is 18.3 Å². The minimum Gasteiger partial charge on any atom is -0.477 e. The molecule has 35 heavy (non-hydrogen) atoms. The second kappa shape index (κ2) is 9.42. The number of anilines is 1. The van der Waals surface area contributed by atoms with Crippen molar-refractivity contribution in [2.75, 3.05) is 11.9 Å². The molecule has 2 aromatic carbocycles. The van der Waals surface area contributed by atoms with Gasteiger partial charge >= 0.3 is 12.1 Å². The number of pyridine rings is 1. The van der Waals surface area contributed by atoms with Gasteiger partial charge in [0.05, 0.1) is 23.8 Å². The van der Waals surface area contributed by atoms with E-state index in [0.717, 1.165) is 22.3 Å². The third-order valence-electron chi connectivity index (χ3n) is 6.32. The number of nitrogens with zero attached hydrogens (tertiary/aromatic N) is 1. The molecular weight excluding hydrogens is 446 g/mol. The minimum absolute atomic E-state index is 0.0214. The first-order chi connectivity index (χ1) is 17.0. The highest BCUT2D eigenvalue weighted by Crippen LogP contribution is 2.44. The van der Waals surface area contributed by atoms with Gasteiger partial charge in [-0.05, 0) is 40.8 Å². The van der Waals surface area contributed by atoms with E-state index in [2.05, 4.69) is 39.9 Å². The minimum atomic E-state index is -1.14. The summed E-state index contributed by atoms with van der Waals surface area (Å²) >= 11 is 0. The molecule has 0 bridgehead atoms. The van der Waals surface area contributed by atoms with Crippen LogP contribution < -0.4 is 10.6 Å². The lowest BCUT2D eigenvalue weighted by molar-refractivity contribution is -0.118. The predicted molar refractivity (Wildman–Crippen MR) is 129 cm³/mol. The zero-order valence-corrected chi connectivity index (χ0v) is 18.7. The first-order valence-electron chi connectivity index (χ1n) is 11.3. The smallest absolute Gasteiger partial charge is 0.407 e. The number of carboxylic acid groups (broad SMARTS) is 1. The van der Waals surface area contributed by atoms with Crippen molar-refractivity contribution in [1.29, 1.82) is 0 Å². The fourth-order valence-corrected chi connectivity index (χ4v) is 4.62. The summed E-state index contributed by atoms with van der Waals surface area (Å²) in [6.45, 7) is 0.222. The Bertz CT molecular complexity index is 1270. The second-order valence-corrected chi connectivity index (χ2v) is 8.53. The summed E-state index contributed by atoms with van der Waals surface area (Å²) in [5.74, 6) is -1.85. The monoisotopic (exact) mass is 469 g/mol. The molecule has 3 N–H and O–H groups in total. The van der Waals surface area contributed by atoms with E-state index in [9.17, 15) is 14.4 Å². The van der Waals surface area contributed by atoms with Gasteiger partial charge in [-0.3, -0.25) is 4.79 Å². The van der Waals surface area contributed by atoms with Crippen LogP contribution in [0.4, 0.5) is 10.5 Å². The maximum atomic E-state index is 12.5. The molecule has 2 aliphatic carbocycles. The van der Waals surface area contributed by atoms with Crippen molar-refractivity contribution >= 4 is 23.7 Å². The summed E-state index contributed by atoms with van der Waals surface area (Å²) in [6.07, 6.45) is 4.68. The zero-order chi connectivity index (χ0) is 24.4. The standard InChI is InChI=1S/C27H23N3O5/c31-25(29-18-11-12-24(26(32)33)28-14-18)16-9-10-17(13-16)30-27(34)35-15-23-21-7-3-1-5-19(21)20-6-2-4-8-22(20)23/h1-12,14,16-17,23H,13,15H2,(H,29,31)(H,30,34)(H,32,33). The number of carboxylic acids is 1. The molecule has 2 unspecified atom stereocenters. The van der Waals surface area contributed by atoms with Crippen LogP contribution >= 0.6 is 0 Å². The van der Waals surface area contributed by atoms with E-state index < -0.39 is 18.0 Å². The molecule has 8 heteroatoms. The third-order valence-corrected chi connectivity index (χ3v) is 6.32. The van der Waals surface area contributed by atoms with Gasteiger partial charge in [-0.25, -0.2) is 14.6 Å². The molecule has 1 aromatic heterocycles. The highest BCUT2D eigenvalue weighted by molar-refractivity contribution is 5.94. The van der Waals surface area contributed by atoms with Crippen LogP contribution in [0.5, 0.6) is 0 Å².